The number of hydrogen-bond donors (Lipinski definition) is 3. The summed E-state index contributed by atoms with van der Waals surface area (Å²) in [5.41, 5.74) is 2.18. The van der Waals surface area contributed by atoms with Crippen molar-refractivity contribution >= 4 is 39.7 Å². The van der Waals surface area contributed by atoms with Crippen LogP contribution in [-0.2, 0) is 7.05 Å². The first-order valence-electron chi connectivity index (χ1n) is 9.07. The summed E-state index contributed by atoms with van der Waals surface area (Å²) in [6.07, 6.45) is 1.62. The van der Waals surface area contributed by atoms with Crippen LogP contribution in [-0.4, -0.2) is 26.7 Å². The van der Waals surface area contributed by atoms with Crippen molar-refractivity contribution in [1.82, 2.24) is 14.8 Å². The molecule has 4 rings (SSSR count). The van der Waals surface area contributed by atoms with Gasteiger partial charge in [0.2, 0.25) is 0 Å². The molecule has 0 unspecified atom stereocenters. The van der Waals surface area contributed by atoms with Gasteiger partial charge in [0, 0.05) is 24.0 Å². The second-order valence-corrected chi connectivity index (χ2v) is 7.49. The van der Waals surface area contributed by atoms with Crippen molar-refractivity contribution in [3.63, 3.8) is 0 Å². The van der Waals surface area contributed by atoms with E-state index in [0.717, 1.165) is 5.56 Å². The zero-order valence-corrected chi connectivity index (χ0v) is 16.8. The van der Waals surface area contributed by atoms with Gasteiger partial charge in [-0.1, -0.05) is 30.3 Å². The predicted molar refractivity (Wildman–Crippen MR) is 118 cm³/mol. The van der Waals surface area contributed by atoms with Gasteiger partial charge in [0.15, 0.2) is 5.82 Å². The van der Waals surface area contributed by atoms with Crippen LogP contribution in [0.2, 0.25) is 0 Å². The van der Waals surface area contributed by atoms with Crippen molar-refractivity contribution in [2.24, 2.45) is 7.05 Å². The highest BCUT2D eigenvalue weighted by Crippen LogP contribution is 2.25. The lowest BCUT2D eigenvalue weighted by Gasteiger charge is -2.07. The van der Waals surface area contributed by atoms with Gasteiger partial charge in [-0.2, -0.15) is 0 Å². The number of aryl methyl sites for hydroxylation is 1. The molecular formula is C21H18N6O2S. The molecule has 0 aliphatic heterocycles. The quantitative estimate of drug-likeness (QED) is 0.446. The maximum absolute atomic E-state index is 12.6. The van der Waals surface area contributed by atoms with Gasteiger partial charge in [0.1, 0.15) is 6.33 Å². The number of amides is 3. The number of thiophene rings is 1. The largest absolute Gasteiger partial charge is 0.324 e. The van der Waals surface area contributed by atoms with Crippen LogP contribution in [0.4, 0.5) is 21.2 Å². The van der Waals surface area contributed by atoms with Crippen molar-refractivity contribution in [1.29, 1.82) is 0 Å². The first kappa shape index (κ1) is 19.3. The average molecular weight is 418 g/mol. The highest BCUT2D eigenvalue weighted by atomic mass is 32.1. The Morgan fingerprint density at radius 2 is 1.70 bits per heavy atom. The second-order valence-electron chi connectivity index (χ2n) is 6.41. The number of aromatic nitrogens is 3. The number of rotatable bonds is 5. The lowest BCUT2D eigenvalue weighted by atomic mass is 10.2. The van der Waals surface area contributed by atoms with E-state index < -0.39 is 0 Å². The summed E-state index contributed by atoms with van der Waals surface area (Å²) in [5.74, 6) is 0.449. The number of hydrogen-bond acceptors (Lipinski definition) is 5. The third kappa shape index (κ3) is 4.53. The van der Waals surface area contributed by atoms with Gasteiger partial charge < -0.3 is 15.2 Å². The Kier molecular flexibility index (Phi) is 5.53. The maximum atomic E-state index is 12.6. The number of para-hydroxylation sites is 1. The highest BCUT2D eigenvalue weighted by molar-refractivity contribution is 7.18. The average Bonchev–Trinajstić information content (AvgIpc) is 3.38. The van der Waals surface area contributed by atoms with E-state index in [1.54, 1.807) is 41.2 Å². The Morgan fingerprint density at radius 3 is 2.47 bits per heavy atom. The van der Waals surface area contributed by atoms with E-state index in [4.69, 9.17) is 0 Å². The molecule has 0 atom stereocenters. The zero-order valence-electron chi connectivity index (χ0n) is 16.0. The molecule has 0 fully saturated rings. The molecule has 0 aliphatic rings. The van der Waals surface area contributed by atoms with Crippen molar-refractivity contribution < 1.29 is 9.59 Å². The van der Waals surface area contributed by atoms with Gasteiger partial charge in [-0.15, -0.1) is 21.5 Å². The molecule has 3 amide bonds. The Labute approximate surface area is 176 Å². The van der Waals surface area contributed by atoms with Gasteiger partial charge in [-0.3, -0.25) is 10.1 Å². The molecule has 30 heavy (non-hydrogen) atoms. The number of urea groups is 1. The monoisotopic (exact) mass is 418 g/mol. The van der Waals surface area contributed by atoms with Crippen LogP contribution in [0.5, 0.6) is 0 Å². The molecule has 0 saturated carbocycles. The molecule has 0 bridgehead atoms. The fourth-order valence-electron chi connectivity index (χ4n) is 2.80. The molecule has 150 valence electrons. The molecule has 4 aromatic rings. The first-order valence-corrected chi connectivity index (χ1v) is 9.89. The van der Waals surface area contributed by atoms with Crippen molar-refractivity contribution in [3.05, 3.63) is 77.9 Å². The van der Waals surface area contributed by atoms with Gasteiger partial charge in [0.25, 0.3) is 5.91 Å². The Morgan fingerprint density at radius 1 is 0.900 bits per heavy atom. The van der Waals surface area contributed by atoms with E-state index in [0.29, 0.717) is 27.1 Å². The molecule has 2 heterocycles. The van der Waals surface area contributed by atoms with Crippen molar-refractivity contribution in [3.8, 4) is 11.4 Å². The molecule has 0 aliphatic carbocycles. The number of carbonyl (C=O) groups excluding carboxylic acids is 2. The van der Waals surface area contributed by atoms with Crippen LogP contribution in [0.15, 0.2) is 73.1 Å². The lowest BCUT2D eigenvalue weighted by molar-refractivity contribution is 0.103. The number of anilines is 3. The van der Waals surface area contributed by atoms with Crippen molar-refractivity contribution in [2.75, 3.05) is 16.0 Å². The van der Waals surface area contributed by atoms with Gasteiger partial charge in [-0.05, 0) is 36.4 Å². The maximum Gasteiger partial charge on any atom is 0.324 e. The molecule has 8 nitrogen and oxygen atoms in total. The van der Waals surface area contributed by atoms with Crippen LogP contribution in [0, 0.1) is 0 Å². The third-order valence-electron chi connectivity index (χ3n) is 4.19. The van der Waals surface area contributed by atoms with Gasteiger partial charge in [0.05, 0.1) is 9.88 Å². The summed E-state index contributed by atoms with van der Waals surface area (Å²) in [7, 11) is 1.86. The number of carbonyl (C=O) groups is 2. The minimum absolute atomic E-state index is 0.258. The summed E-state index contributed by atoms with van der Waals surface area (Å²) >= 11 is 1.19. The van der Waals surface area contributed by atoms with Gasteiger partial charge in [-0.25, -0.2) is 4.79 Å². The molecule has 0 spiro atoms. The molecule has 2 aromatic carbocycles. The molecule has 9 heteroatoms. The van der Waals surface area contributed by atoms with E-state index in [-0.39, 0.29) is 11.9 Å². The SMILES string of the molecule is Cn1cnnc1-c1cccc(NC(=O)c2ccc(NC(=O)Nc3ccccc3)s2)c1. The normalized spacial score (nSPS) is 10.4. The molecule has 0 radical (unpaired) electrons. The van der Waals surface area contributed by atoms with E-state index >= 15 is 0 Å². The van der Waals surface area contributed by atoms with Crippen molar-refractivity contribution in [2.45, 2.75) is 0 Å². The van der Waals surface area contributed by atoms with Crippen LogP contribution in [0.25, 0.3) is 11.4 Å². The van der Waals surface area contributed by atoms with Gasteiger partial charge >= 0.3 is 6.03 Å². The Bertz CT molecular complexity index is 1180. The second kappa shape index (κ2) is 8.58. The van der Waals surface area contributed by atoms with E-state index in [9.17, 15) is 9.59 Å². The smallest absolute Gasteiger partial charge is 0.321 e. The van der Waals surface area contributed by atoms with E-state index in [2.05, 4.69) is 26.1 Å². The minimum Gasteiger partial charge on any atom is -0.321 e. The van der Waals surface area contributed by atoms with Crippen LogP contribution in [0.1, 0.15) is 9.67 Å². The fraction of sp³-hybridized carbons (Fsp3) is 0.0476. The fourth-order valence-corrected chi connectivity index (χ4v) is 3.59. The highest BCUT2D eigenvalue weighted by Gasteiger charge is 2.12. The van der Waals surface area contributed by atoms with Crippen LogP contribution < -0.4 is 16.0 Å². The predicted octanol–water partition coefficient (Wildman–Crippen LogP) is 4.44. The lowest BCUT2D eigenvalue weighted by Crippen LogP contribution is -2.18. The first-order chi connectivity index (χ1) is 14.6. The number of nitrogens with one attached hydrogen (secondary N) is 3. The summed E-state index contributed by atoms with van der Waals surface area (Å²) in [6, 6.07) is 19.5. The zero-order chi connectivity index (χ0) is 20.9. The number of benzene rings is 2. The van der Waals surface area contributed by atoms with Crippen LogP contribution >= 0.6 is 11.3 Å². The molecule has 0 saturated heterocycles. The summed E-state index contributed by atoms with van der Waals surface area (Å²) in [4.78, 5) is 25.2. The number of nitrogens with zero attached hydrogens (tertiary/aromatic N) is 3. The minimum atomic E-state index is -0.369. The summed E-state index contributed by atoms with van der Waals surface area (Å²) in [5, 5.41) is 16.9. The standard InChI is InChI=1S/C21H18N6O2S/c1-27-13-22-26-19(27)14-6-5-9-16(12-14)23-20(28)17-10-11-18(30-17)25-21(29)24-15-7-3-2-4-8-15/h2-13H,1H3,(H,23,28)(H2,24,25,29). The molecule has 2 aromatic heterocycles. The molecule has 3 N–H and O–H groups in total. The Hall–Kier alpha value is -3.98. The van der Waals surface area contributed by atoms with E-state index in [1.807, 2.05) is 43.4 Å². The topological polar surface area (TPSA) is 101 Å². The summed E-state index contributed by atoms with van der Waals surface area (Å²) in [6.45, 7) is 0. The third-order valence-corrected chi connectivity index (χ3v) is 5.19. The van der Waals surface area contributed by atoms with E-state index in [1.165, 1.54) is 11.3 Å². The Balaban J connectivity index is 1.40. The molecular weight excluding hydrogens is 400 g/mol. The van der Waals surface area contributed by atoms with Crippen LogP contribution in [0.3, 0.4) is 0 Å². The summed E-state index contributed by atoms with van der Waals surface area (Å²) < 4.78 is 1.80.